The molecule has 6 heteroatoms. The van der Waals surface area contributed by atoms with Gasteiger partial charge in [-0.25, -0.2) is 9.37 Å². The quantitative estimate of drug-likeness (QED) is 0.695. The molecule has 0 saturated carbocycles. The van der Waals surface area contributed by atoms with E-state index in [9.17, 15) is 9.18 Å². The summed E-state index contributed by atoms with van der Waals surface area (Å²) in [6.45, 7) is 0. The number of halogens is 1. The van der Waals surface area contributed by atoms with Crippen LogP contribution in [0.3, 0.4) is 0 Å². The van der Waals surface area contributed by atoms with Crippen LogP contribution in [0.25, 0.3) is 22.4 Å². The first-order valence-corrected chi connectivity index (χ1v) is 7.31. The second kappa shape index (κ2) is 6.18. The van der Waals surface area contributed by atoms with Crippen LogP contribution >= 0.6 is 12.2 Å². The Kier molecular flexibility index (Phi) is 4.08. The molecule has 0 aliphatic carbocycles. The van der Waals surface area contributed by atoms with E-state index in [1.165, 1.54) is 22.1 Å². The molecule has 1 aromatic carbocycles. The monoisotopic (exact) mass is 325 g/mol. The number of aromatic nitrogens is 3. The van der Waals surface area contributed by atoms with Gasteiger partial charge in [0.2, 0.25) is 0 Å². The van der Waals surface area contributed by atoms with Gasteiger partial charge < -0.3 is 0 Å². The zero-order valence-electron chi connectivity index (χ0n) is 12.2. The van der Waals surface area contributed by atoms with Crippen molar-refractivity contribution in [3.63, 3.8) is 0 Å². The first-order valence-electron chi connectivity index (χ1n) is 6.84. The Hall–Kier alpha value is -2.73. The average molecular weight is 325 g/mol. The Bertz CT molecular complexity index is 921. The van der Waals surface area contributed by atoms with E-state index in [0.29, 0.717) is 22.6 Å². The number of pyridine rings is 1. The Morgan fingerprint density at radius 1 is 1.09 bits per heavy atom. The molecule has 0 radical (unpaired) electrons. The summed E-state index contributed by atoms with van der Waals surface area (Å²) in [5, 5.41) is 1.36. The molecule has 4 nitrogen and oxygen atoms in total. The van der Waals surface area contributed by atoms with Crippen molar-refractivity contribution in [3.8, 4) is 22.4 Å². The molecule has 0 N–H and O–H groups in total. The zero-order chi connectivity index (χ0) is 16.4. The summed E-state index contributed by atoms with van der Waals surface area (Å²) in [4.78, 5) is 21.3. The maximum Gasteiger partial charge on any atom is 0.262 e. The van der Waals surface area contributed by atoms with E-state index >= 15 is 0 Å². The van der Waals surface area contributed by atoms with Gasteiger partial charge in [0.15, 0.2) is 0 Å². The van der Waals surface area contributed by atoms with Gasteiger partial charge in [-0.15, -0.1) is 0 Å². The molecule has 2 aromatic heterocycles. The van der Waals surface area contributed by atoms with Gasteiger partial charge in [-0.05, 0) is 29.8 Å². The van der Waals surface area contributed by atoms with Crippen molar-refractivity contribution in [1.29, 1.82) is 0 Å². The summed E-state index contributed by atoms with van der Waals surface area (Å²) in [5.74, 6) is 0.0298. The Labute approximate surface area is 137 Å². The standard InChI is InChI=1S/C17H12FN3OS/c1-21-14(10-23)20-16(12-6-8-19-9-7-12)15(17(21)22)11-2-4-13(18)5-3-11/h2-10H,1H3. The SMILES string of the molecule is Cn1c(C=S)nc(-c2ccncc2)c(-c2ccc(F)cc2)c1=O. The lowest BCUT2D eigenvalue weighted by Gasteiger charge is -2.12. The van der Waals surface area contributed by atoms with Crippen LogP contribution in [0.1, 0.15) is 5.82 Å². The van der Waals surface area contributed by atoms with E-state index in [-0.39, 0.29) is 11.4 Å². The van der Waals surface area contributed by atoms with E-state index in [0.717, 1.165) is 5.56 Å². The molecule has 0 fully saturated rings. The summed E-state index contributed by atoms with van der Waals surface area (Å²) in [6.07, 6.45) is 3.25. The van der Waals surface area contributed by atoms with Crippen molar-refractivity contribution in [2.75, 3.05) is 0 Å². The lowest BCUT2D eigenvalue weighted by atomic mass is 10.0. The van der Waals surface area contributed by atoms with Crippen molar-refractivity contribution >= 4 is 17.6 Å². The third-order valence-corrected chi connectivity index (χ3v) is 3.73. The van der Waals surface area contributed by atoms with Crippen molar-refractivity contribution < 1.29 is 4.39 Å². The van der Waals surface area contributed by atoms with Crippen molar-refractivity contribution in [3.05, 3.63) is 70.8 Å². The van der Waals surface area contributed by atoms with Gasteiger partial charge in [0, 0.05) is 30.4 Å². The number of nitrogens with zero attached hydrogens (tertiary/aromatic N) is 3. The third-order valence-electron chi connectivity index (χ3n) is 3.52. The zero-order valence-corrected chi connectivity index (χ0v) is 13.0. The normalized spacial score (nSPS) is 10.5. The van der Waals surface area contributed by atoms with Crippen LogP contribution in [0.4, 0.5) is 4.39 Å². The predicted molar refractivity (Wildman–Crippen MR) is 90.9 cm³/mol. The predicted octanol–water partition coefficient (Wildman–Crippen LogP) is 3.00. The summed E-state index contributed by atoms with van der Waals surface area (Å²) < 4.78 is 14.6. The number of hydrogen-bond donors (Lipinski definition) is 0. The van der Waals surface area contributed by atoms with Crippen molar-refractivity contribution in [2.24, 2.45) is 7.05 Å². The second-order valence-electron chi connectivity index (χ2n) is 4.92. The van der Waals surface area contributed by atoms with E-state index in [1.807, 2.05) is 0 Å². The summed E-state index contributed by atoms with van der Waals surface area (Å²) in [5.41, 5.74) is 2.00. The molecular formula is C17H12FN3OS. The molecule has 0 saturated heterocycles. The van der Waals surface area contributed by atoms with Crippen LogP contribution in [0.5, 0.6) is 0 Å². The highest BCUT2D eigenvalue weighted by molar-refractivity contribution is 7.79. The number of benzene rings is 1. The molecule has 0 bridgehead atoms. The van der Waals surface area contributed by atoms with Gasteiger partial charge in [0.25, 0.3) is 5.56 Å². The van der Waals surface area contributed by atoms with Crippen molar-refractivity contribution in [2.45, 2.75) is 0 Å². The first kappa shape index (κ1) is 15.2. The van der Waals surface area contributed by atoms with Gasteiger partial charge in [-0.1, -0.05) is 24.4 Å². The number of hydrogen-bond acceptors (Lipinski definition) is 4. The molecule has 2 heterocycles. The van der Waals surface area contributed by atoms with Gasteiger partial charge in [-0.2, -0.15) is 0 Å². The minimum atomic E-state index is -0.362. The molecule has 0 unspecified atom stereocenters. The number of thiocarbonyl (C=S) groups is 1. The minimum Gasteiger partial charge on any atom is -0.295 e. The fourth-order valence-electron chi connectivity index (χ4n) is 2.32. The van der Waals surface area contributed by atoms with Crippen LogP contribution in [0.2, 0.25) is 0 Å². The highest BCUT2D eigenvalue weighted by Crippen LogP contribution is 2.27. The third kappa shape index (κ3) is 2.80. The summed E-state index contributed by atoms with van der Waals surface area (Å²) in [6, 6.07) is 9.30. The maximum absolute atomic E-state index is 13.2. The van der Waals surface area contributed by atoms with Gasteiger partial charge in [-0.3, -0.25) is 14.3 Å². The van der Waals surface area contributed by atoms with Crippen LogP contribution in [-0.4, -0.2) is 19.9 Å². The average Bonchev–Trinajstić information content (AvgIpc) is 2.59. The molecule has 23 heavy (non-hydrogen) atoms. The lowest BCUT2D eigenvalue weighted by molar-refractivity contribution is 0.628. The fraction of sp³-hybridized carbons (Fsp3) is 0.0588. The molecule has 3 rings (SSSR count). The van der Waals surface area contributed by atoms with Gasteiger partial charge in [0.1, 0.15) is 11.6 Å². The Morgan fingerprint density at radius 3 is 2.35 bits per heavy atom. The molecule has 0 aliphatic heterocycles. The maximum atomic E-state index is 13.2. The first-order chi connectivity index (χ1) is 11.1. The van der Waals surface area contributed by atoms with Crippen LogP contribution < -0.4 is 5.56 Å². The van der Waals surface area contributed by atoms with E-state index in [1.54, 1.807) is 43.7 Å². The summed E-state index contributed by atoms with van der Waals surface area (Å²) in [7, 11) is 1.61. The fourth-order valence-corrected chi connectivity index (χ4v) is 2.53. The lowest BCUT2D eigenvalue weighted by Crippen LogP contribution is -2.24. The highest BCUT2D eigenvalue weighted by Gasteiger charge is 2.17. The number of rotatable bonds is 3. The minimum absolute atomic E-state index is 0.241. The molecule has 0 atom stereocenters. The van der Waals surface area contributed by atoms with Crippen LogP contribution in [-0.2, 0) is 7.05 Å². The molecule has 0 spiro atoms. The smallest absolute Gasteiger partial charge is 0.262 e. The van der Waals surface area contributed by atoms with E-state index in [2.05, 4.69) is 9.97 Å². The second-order valence-corrected chi connectivity index (χ2v) is 5.15. The topological polar surface area (TPSA) is 47.8 Å². The van der Waals surface area contributed by atoms with E-state index in [4.69, 9.17) is 12.2 Å². The van der Waals surface area contributed by atoms with Crippen LogP contribution in [0.15, 0.2) is 53.6 Å². The van der Waals surface area contributed by atoms with Crippen molar-refractivity contribution in [1.82, 2.24) is 14.5 Å². The molecule has 0 amide bonds. The Balaban J connectivity index is 2.37. The van der Waals surface area contributed by atoms with Gasteiger partial charge in [0.05, 0.1) is 11.3 Å². The molecule has 0 aliphatic rings. The molecule has 3 aromatic rings. The highest BCUT2D eigenvalue weighted by atomic mass is 32.1. The molecule has 114 valence electrons. The largest absolute Gasteiger partial charge is 0.295 e. The van der Waals surface area contributed by atoms with Gasteiger partial charge >= 0.3 is 0 Å². The summed E-state index contributed by atoms with van der Waals surface area (Å²) >= 11 is 4.94. The van der Waals surface area contributed by atoms with E-state index < -0.39 is 0 Å². The Morgan fingerprint density at radius 2 is 1.74 bits per heavy atom. The molecular weight excluding hydrogens is 313 g/mol. The van der Waals surface area contributed by atoms with Crippen LogP contribution in [0, 0.1) is 5.82 Å².